The molecule has 2 fully saturated rings. The lowest BCUT2D eigenvalue weighted by molar-refractivity contribution is -0.00280. The molecule has 2 aliphatic rings. The molecule has 0 aromatic heterocycles. The van der Waals surface area contributed by atoms with Gasteiger partial charge >= 0.3 is 0 Å². The van der Waals surface area contributed by atoms with E-state index in [1.54, 1.807) is 0 Å². The maximum Gasteiger partial charge on any atom is 0.00777 e. The van der Waals surface area contributed by atoms with Crippen LogP contribution in [0.5, 0.6) is 0 Å². The standard InChI is InChI=1S/C11H21N.H2/c1-9(2)8-12-10-6-11(7-10)4-3-5-11;/h9-10,12H,3-8H2,1-2H3;1H. The van der Waals surface area contributed by atoms with Crippen LogP contribution in [0.15, 0.2) is 0 Å². The van der Waals surface area contributed by atoms with Crippen LogP contribution in [0, 0.1) is 11.3 Å². The third-order valence-corrected chi connectivity index (χ3v) is 3.59. The molecule has 0 heterocycles. The molecule has 0 atom stereocenters. The highest BCUT2D eigenvalue weighted by Gasteiger charge is 2.47. The van der Waals surface area contributed by atoms with Gasteiger partial charge in [0.05, 0.1) is 0 Å². The van der Waals surface area contributed by atoms with Gasteiger partial charge in [-0.25, -0.2) is 0 Å². The third kappa shape index (κ3) is 1.52. The van der Waals surface area contributed by atoms with E-state index in [0.717, 1.165) is 17.4 Å². The van der Waals surface area contributed by atoms with E-state index in [-0.39, 0.29) is 1.43 Å². The molecule has 0 aromatic rings. The Hall–Kier alpha value is -0.0400. The van der Waals surface area contributed by atoms with Crippen LogP contribution in [-0.2, 0) is 0 Å². The Balaban J connectivity index is 0.000000845. The highest BCUT2D eigenvalue weighted by atomic mass is 14.9. The molecule has 0 amide bonds. The summed E-state index contributed by atoms with van der Waals surface area (Å²) in [5.41, 5.74) is 0.842. The van der Waals surface area contributed by atoms with Gasteiger partial charge in [0, 0.05) is 7.47 Å². The van der Waals surface area contributed by atoms with Gasteiger partial charge in [-0.15, -0.1) is 0 Å². The molecule has 2 aliphatic carbocycles. The minimum Gasteiger partial charge on any atom is -0.314 e. The summed E-state index contributed by atoms with van der Waals surface area (Å²) in [7, 11) is 0. The summed E-state index contributed by atoms with van der Waals surface area (Å²) >= 11 is 0. The van der Waals surface area contributed by atoms with Crippen molar-refractivity contribution in [1.82, 2.24) is 5.32 Å². The number of rotatable bonds is 3. The smallest absolute Gasteiger partial charge is 0.00777 e. The Morgan fingerprint density at radius 2 is 2.08 bits per heavy atom. The first-order chi connectivity index (χ1) is 5.70. The molecular formula is C11H23N. The van der Waals surface area contributed by atoms with E-state index in [1.807, 2.05) is 0 Å². The van der Waals surface area contributed by atoms with Crippen molar-refractivity contribution in [2.45, 2.75) is 52.0 Å². The van der Waals surface area contributed by atoms with Crippen LogP contribution >= 0.6 is 0 Å². The van der Waals surface area contributed by atoms with E-state index in [1.165, 1.54) is 38.6 Å². The summed E-state index contributed by atoms with van der Waals surface area (Å²) in [5, 5.41) is 3.64. The molecule has 72 valence electrons. The highest BCUT2D eigenvalue weighted by Crippen LogP contribution is 2.55. The number of hydrogen-bond donors (Lipinski definition) is 1. The van der Waals surface area contributed by atoms with E-state index in [4.69, 9.17) is 0 Å². The van der Waals surface area contributed by atoms with E-state index in [0.29, 0.717) is 0 Å². The van der Waals surface area contributed by atoms with Gasteiger partial charge in [-0.2, -0.15) is 0 Å². The fourth-order valence-corrected chi connectivity index (χ4v) is 2.62. The fraction of sp³-hybridized carbons (Fsp3) is 1.00. The Bertz CT molecular complexity index is 155. The molecule has 0 aromatic carbocycles. The van der Waals surface area contributed by atoms with E-state index < -0.39 is 0 Å². The number of hydrogen-bond acceptors (Lipinski definition) is 1. The Kier molecular flexibility index (Phi) is 2.16. The van der Waals surface area contributed by atoms with Crippen LogP contribution in [0.3, 0.4) is 0 Å². The van der Waals surface area contributed by atoms with Gasteiger partial charge < -0.3 is 5.32 Å². The second-order valence-corrected chi connectivity index (χ2v) is 5.26. The van der Waals surface area contributed by atoms with Gasteiger partial charge in [-0.3, -0.25) is 0 Å². The summed E-state index contributed by atoms with van der Waals surface area (Å²) in [6.07, 6.45) is 7.48. The lowest BCUT2D eigenvalue weighted by atomic mass is 9.54. The van der Waals surface area contributed by atoms with Crippen LogP contribution in [0.25, 0.3) is 0 Å². The van der Waals surface area contributed by atoms with E-state index in [9.17, 15) is 0 Å². The van der Waals surface area contributed by atoms with Gasteiger partial charge in [0.25, 0.3) is 0 Å². The van der Waals surface area contributed by atoms with Crippen LogP contribution in [0.2, 0.25) is 0 Å². The van der Waals surface area contributed by atoms with Gasteiger partial charge in [-0.1, -0.05) is 20.3 Å². The van der Waals surface area contributed by atoms with Crippen LogP contribution < -0.4 is 5.32 Å². The highest BCUT2D eigenvalue weighted by molar-refractivity contribution is 5.02. The number of nitrogens with one attached hydrogen (secondary N) is 1. The zero-order chi connectivity index (χ0) is 8.60. The first-order valence-electron chi connectivity index (χ1n) is 5.44. The van der Waals surface area contributed by atoms with Crippen molar-refractivity contribution >= 4 is 0 Å². The predicted molar refractivity (Wildman–Crippen MR) is 54.3 cm³/mol. The van der Waals surface area contributed by atoms with Gasteiger partial charge in [0.2, 0.25) is 0 Å². The first kappa shape index (κ1) is 8.55. The van der Waals surface area contributed by atoms with Crippen molar-refractivity contribution in [3.05, 3.63) is 0 Å². The quantitative estimate of drug-likeness (QED) is 0.685. The lowest BCUT2D eigenvalue weighted by Crippen LogP contribution is -2.52. The summed E-state index contributed by atoms with van der Waals surface area (Å²) in [6.45, 7) is 5.77. The lowest BCUT2D eigenvalue weighted by Gasteiger charge is -2.54. The summed E-state index contributed by atoms with van der Waals surface area (Å²) < 4.78 is 0. The SMILES string of the molecule is CC(C)CNC1CC2(CCC2)C1.[HH]. The van der Waals surface area contributed by atoms with Gasteiger partial charge in [0.15, 0.2) is 0 Å². The zero-order valence-corrected chi connectivity index (χ0v) is 8.40. The molecule has 2 rings (SSSR count). The molecule has 1 spiro atoms. The van der Waals surface area contributed by atoms with Crippen molar-refractivity contribution in [1.29, 1.82) is 0 Å². The third-order valence-electron chi connectivity index (χ3n) is 3.59. The maximum absolute atomic E-state index is 3.64. The Morgan fingerprint density at radius 3 is 2.50 bits per heavy atom. The summed E-state index contributed by atoms with van der Waals surface area (Å²) in [6, 6.07) is 0.868. The van der Waals surface area contributed by atoms with E-state index in [2.05, 4.69) is 19.2 Å². The molecule has 0 aliphatic heterocycles. The van der Waals surface area contributed by atoms with Crippen LogP contribution in [0.4, 0.5) is 0 Å². The zero-order valence-electron chi connectivity index (χ0n) is 8.40. The van der Waals surface area contributed by atoms with E-state index >= 15 is 0 Å². The van der Waals surface area contributed by atoms with Crippen molar-refractivity contribution < 1.29 is 1.43 Å². The molecule has 0 radical (unpaired) electrons. The first-order valence-corrected chi connectivity index (χ1v) is 5.44. The van der Waals surface area contributed by atoms with Crippen LogP contribution in [-0.4, -0.2) is 12.6 Å². The minimum atomic E-state index is 0. The average molecular weight is 169 g/mol. The molecule has 0 saturated heterocycles. The predicted octanol–water partition coefficient (Wildman–Crippen LogP) is 2.81. The monoisotopic (exact) mass is 169 g/mol. The molecule has 0 unspecified atom stereocenters. The molecule has 2 saturated carbocycles. The molecule has 0 bridgehead atoms. The largest absolute Gasteiger partial charge is 0.314 e. The van der Waals surface area contributed by atoms with Crippen molar-refractivity contribution in [2.75, 3.05) is 6.54 Å². The van der Waals surface area contributed by atoms with Gasteiger partial charge in [0.1, 0.15) is 0 Å². The molecule has 1 N–H and O–H groups in total. The normalized spacial score (nSPS) is 27.2. The second-order valence-electron chi connectivity index (χ2n) is 5.26. The van der Waals surface area contributed by atoms with Crippen molar-refractivity contribution in [3.63, 3.8) is 0 Å². The molecule has 1 nitrogen and oxygen atoms in total. The van der Waals surface area contributed by atoms with Gasteiger partial charge in [-0.05, 0) is 43.6 Å². The summed E-state index contributed by atoms with van der Waals surface area (Å²) in [5.74, 6) is 0.808. The minimum absolute atomic E-state index is 0. The topological polar surface area (TPSA) is 12.0 Å². The Morgan fingerprint density at radius 1 is 1.42 bits per heavy atom. The van der Waals surface area contributed by atoms with Crippen molar-refractivity contribution in [3.8, 4) is 0 Å². The van der Waals surface area contributed by atoms with Crippen LogP contribution in [0.1, 0.15) is 47.4 Å². The second kappa shape index (κ2) is 3.02. The summed E-state index contributed by atoms with van der Waals surface area (Å²) in [4.78, 5) is 0. The molecule has 12 heavy (non-hydrogen) atoms. The fourth-order valence-electron chi connectivity index (χ4n) is 2.62. The Labute approximate surface area is 77.4 Å². The molecule has 1 heteroatoms. The molecular weight excluding hydrogens is 146 g/mol. The maximum atomic E-state index is 3.64. The average Bonchev–Trinajstić information content (AvgIpc) is 1.79. The van der Waals surface area contributed by atoms with Crippen molar-refractivity contribution in [2.24, 2.45) is 11.3 Å².